The summed E-state index contributed by atoms with van der Waals surface area (Å²) in [6.45, 7) is 8.48. The maximum Gasteiger partial charge on any atom is 0.647 e. The van der Waals surface area contributed by atoms with E-state index in [1.54, 1.807) is 0 Å². The van der Waals surface area contributed by atoms with E-state index < -0.39 is 9.05 Å². The summed E-state index contributed by atoms with van der Waals surface area (Å²) < 4.78 is 23.0. The molecule has 0 aliphatic carbocycles. The van der Waals surface area contributed by atoms with Gasteiger partial charge in [-0.3, -0.25) is 0 Å². The van der Waals surface area contributed by atoms with Crippen LogP contribution in [-0.2, 0) is 23.4 Å². The highest BCUT2D eigenvalue weighted by molar-refractivity contribution is 7.46. The van der Waals surface area contributed by atoms with Crippen molar-refractivity contribution in [2.75, 3.05) is 6.66 Å². The molecular weight excluding hydrogens is 339 g/mol. The van der Waals surface area contributed by atoms with E-state index in [-0.39, 0.29) is 0 Å². The predicted octanol–water partition coefficient (Wildman–Crippen LogP) is 1.62. The molecule has 1 rings (SSSR count). The highest BCUT2D eigenvalue weighted by Gasteiger charge is 2.43. The molecule has 0 bridgehead atoms. The molecule has 0 saturated heterocycles. The molecule has 1 atom stereocenters. The van der Waals surface area contributed by atoms with E-state index in [1.807, 2.05) is 19.6 Å². The third kappa shape index (κ3) is 6.00. The molecule has 1 aromatic rings. The van der Waals surface area contributed by atoms with Gasteiger partial charge in [0.2, 0.25) is 29.3 Å². The van der Waals surface area contributed by atoms with Crippen LogP contribution in [0.3, 0.4) is 0 Å². The second-order valence-corrected chi connectivity index (χ2v) is 9.69. The van der Waals surface area contributed by atoms with Gasteiger partial charge in [-0.15, -0.1) is 0 Å². The zero-order valence-corrected chi connectivity index (χ0v) is 17.1. The van der Waals surface area contributed by atoms with Crippen LogP contribution in [0.4, 0.5) is 0 Å². The Morgan fingerprint density at radius 1 is 0.950 bits per heavy atom. The molecule has 0 amide bonds. The SMILES string of the molecule is C[Si]O[Si](OCc1ccc(PC)cc1)(O[Si]C)O[Si]C. The first kappa shape index (κ1) is 18.4. The molecular formula is C11H19O4PSi4. The zero-order chi connectivity index (χ0) is 14.8. The second kappa shape index (κ2) is 10.1. The van der Waals surface area contributed by atoms with Gasteiger partial charge < -0.3 is 16.8 Å². The van der Waals surface area contributed by atoms with E-state index in [9.17, 15) is 0 Å². The topological polar surface area (TPSA) is 36.9 Å². The van der Waals surface area contributed by atoms with E-state index in [0.29, 0.717) is 35.9 Å². The van der Waals surface area contributed by atoms with Crippen LogP contribution < -0.4 is 5.30 Å². The Hall–Kier alpha value is 0.358. The monoisotopic (exact) mass is 358 g/mol. The lowest BCUT2D eigenvalue weighted by molar-refractivity contribution is 0.0899. The summed E-state index contributed by atoms with van der Waals surface area (Å²) in [6, 6.07) is 8.44. The average Bonchev–Trinajstić information content (AvgIpc) is 2.46. The minimum Gasteiger partial charge on any atom is -0.395 e. The first-order chi connectivity index (χ1) is 9.69. The number of benzene rings is 1. The van der Waals surface area contributed by atoms with E-state index in [2.05, 4.69) is 30.9 Å². The van der Waals surface area contributed by atoms with Crippen LogP contribution in [-0.4, -0.2) is 45.0 Å². The normalized spacial score (nSPS) is 12.4. The Balaban J connectivity index is 2.67. The van der Waals surface area contributed by atoms with Gasteiger partial charge in [0, 0.05) is 0 Å². The molecule has 0 fully saturated rings. The van der Waals surface area contributed by atoms with E-state index in [0.717, 1.165) is 14.1 Å². The molecule has 108 valence electrons. The Bertz CT molecular complexity index is 362. The van der Waals surface area contributed by atoms with E-state index in [1.165, 1.54) is 5.30 Å². The largest absolute Gasteiger partial charge is 0.647 e. The molecule has 1 unspecified atom stereocenters. The summed E-state index contributed by atoms with van der Waals surface area (Å²) in [5, 5.41) is 1.35. The smallest absolute Gasteiger partial charge is 0.395 e. The Morgan fingerprint density at radius 3 is 1.85 bits per heavy atom. The molecule has 0 aliphatic rings. The lowest BCUT2D eigenvalue weighted by atomic mass is 10.2. The Labute approximate surface area is 132 Å². The summed E-state index contributed by atoms with van der Waals surface area (Å²) in [6.07, 6.45) is 0. The molecule has 0 heterocycles. The molecule has 0 aliphatic heterocycles. The van der Waals surface area contributed by atoms with Crippen LogP contribution in [0, 0.1) is 0 Å². The van der Waals surface area contributed by atoms with Crippen molar-refractivity contribution in [3.8, 4) is 0 Å². The zero-order valence-electron chi connectivity index (χ0n) is 12.1. The molecule has 0 aromatic heterocycles. The maximum absolute atomic E-state index is 5.91. The molecule has 9 heteroatoms. The van der Waals surface area contributed by atoms with Gasteiger partial charge in [-0.25, -0.2) is 0 Å². The van der Waals surface area contributed by atoms with Crippen LogP contribution >= 0.6 is 8.58 Å². The summed E-state index contributed by atoms with van der Waals surface area (Å²) >= 11 is 0. The van der Waals surface area contributed by atoms with Crippen molar-refractivity contribution in [3.05, 3.63) is 29.8 Å². The Kier molecular flexibility index (Phi) is 9.34. The number of hydrogen-bond donors (Lipinski definition) is 0. The minimum absolute atomic E-state index is 0.291. The number of rotatable bonds is 10. The minimum atomic E-state index is -2.96. The molecule has 0 spiro atoms. The van der Waals surface area contributed by atoms with E-state index >= 15 is 0 Å². The first-order valence-electron chi connectivity index (χ1n) is 6.14. The van der Waals surface area contributed by atoms with Gasteiger partial charge in [0.05, 0.1) is 6.61 Å². The molecule has 20 heavy (non-hydrogen) atoms. The van der Waals surface area contributed by atoms with Crippen molar-refractivity contribution in [3.63, 3.8) is 0 Å². The van der Waals surface area contributed by atoms with Gasteiger partial charge in [0.25, 0.3) is 0 Å². The third-order valence-corrected chi connectivity index (χ3v) is 9.20. The number of hydrogen-bond acceptors (Lipinski definition) is 4. The van der Waals surface area contributed by atoms with Gasteiger partial charge in [0.1, 0.15) is 0 Å². The van der Waals surface area contributed by atoms with Crippen LogP contribution in [0.25, 0.3) is 0 Å². The standard InChI is InChI=1S/C11H19O4PSi4/c1-16-11-7-5-10(6-8-11)9-12-20(13-17-2,14-18-3)15-19-4/h5-8,16H,9H2,1-4H3. The van der Waals surface area contributed by atoms with Crippen LogP contribution in [0.5, 0.6) is 0 Å². The first-order valence-corrected chi connectivity index (χ1v) is 13.5. The van der Waals surface area contributed by atoms with Crippen molar-refractivity contribution in [2.45, 2.75) is 26.2 Å². The fourth-order valence-electron chi connectivity index (χ4n) is 1.47. The van der Waals surface area contributed by atoms with Crippen molar-refractivity contribution in [1.29, 1.82) is 0 Å². The van der Waals surface area contributed by atoms with Gasteiger partial charge in [-0.05, 0) is 37.2 Å². The molecule has 1 aromatic carbocycles. The van der Waals surface area contributed by atoms with Crippen LogP contribution in [0.2, 0.25) is 19.6 Å². The summed E-state index contributed by atoms with van der Waals surface area (Å²) in [5.74, 6) is 0. The summed E-state index contributed by atoms with van der Waals surface area (Å²) in [7, 11) is -1.27. The van der Waals surface area contributed by atoms with Crippen molar-refractivity contribution in [2.24, 2.45) is 0 Å². The molecule has 0 saturated carbocycles. The predicted molar refractivity (Wildman–Crippen MR) is 89.0 cm³/mol. The molecule has 0 N–H and O–H groups in total. The van der Waals surface area contributed by atoms with Gasteiger partial charge >= 0.3 is 9.05 Å². The molecule has 6 radical (unpaired) electrons. The fraction of sp³-hybridized carbons (Fsp3) is 0.455. The average molecular weight is 359 g/mol. The molecule has 4 nitrogen and oxygen atoms in total. The van der Waals surface area contributed by atoms with E-state index in [4.69, 9.17) is 16.8 Å². The van der Waals surface area contributed by atoms with Crippen LogP contribution in [0.15, 0.2) is 24.3 Å². The summed E-state index contributed by atoms with van der Waals surface area (Å²) in [4.78, 5) is 0. The van der Waals surface area contributed by atoms with Crippen molar-refractivity contribution in [1.82, 2.24) is 0 Å². The lowest BCUT2D eigenvalue weighted by Gasteiger charge is -2.27. The maximum atomic E-state index is 5.91. The van der Waals surface area contributed by atoms with Gasteiger partial charge in [-0.2, -0.15) is 0 Å². The van der Waals surface area contributed by atoms with Crippen molar-refractivity contribution < 1.29 is 16.8 Å². The van der Waals surface area contributed by atoms with Crippen molar-refractivity contribution >= 4 is 52.2 Å². The van der Waals surface area contributed by atoms with Crippen LogP contribution in [0.1, 0.15) is 5.56 Å². The van der Waals surface area contributed by atoms with Gasteiger partial charge in [-0.1, -0.05) is 32.8 Å². The Morgan fingerprint density at radius 2 is 1.45 bits per heavy atom. The highest BCUT2D eigenvalue weighted by Crippen LogP contribution is 2.14. The quantitative estimate of drug-likeness (QED) is 0.470. The van der Waals surface area contributed by atoms with Gasteiger partial charge in [0.15, 0.2) is 0 Å². The second-order valence-electron chi connectivity index (χ2n) is 3.65. The highest BCUT2D eigenvalue weighted by atomic mass is 31.1. The third-order valence-electron chi connectivity index (χ3n) is 2.34. The lowest BCUT2D eigenvalue weighted by Crippen LogP contribution is -2.50. The summed E-state index contributed by atoms with van der Waals surface area (Å²) in [5.41, 5.74) is 1.11. The fourth-order valence-corrected chi connectivity index (χ4v) is 7.64.